The molecule has 2 N–H and O–H groups in total. The molecule has 140 valence electrons. The molecule has 0 saturated carbocycles. The molecule has 0 aliphatic rings. The standard InChI is InChI=1S/C16H13ClN4O5S/c1-10-15(26-9-18-10)16(22)19-14-8-13(6-7-21(14)23)27(24,25)20-12-4-2-11(17)3-5-12/h2-9,20H,1H3,(H,19,22). The van der Waals surface area contributed by atoms with Gasteiger partial charge in [-0.2, -0.15) is 0 Å². The van der Waals surface area contributed by atoms with Crippen molar-refractivity contribution in [1.82, 2.24) is 4.98 Å². The van der Waals surface area contributed by atoms with Crippen molar-refractivity contribution >= 4 is 39.0 Å². The van der Waals surface area contributed by atoms with Crippen molar-refractivity contribution in [2.24, 2.45) is 0 Å². The highest BCUT2D eigenvalue weighted by atomic mass is 35.5. The van der Waals surface area contributed by atoms with Gasteiger partial charge in [-0.15, -0.1) is 0 Å². The third-order valence-electron chi connectivity index (χ3n) is 3.49. The second-order valence-electron chi connectivity index (χ2n) is 5.41. The number of nitrogens with zero attached hydrogens (tertiary/aromatic N) is 2. The number of anilines is 2. The summed E-state index contributed by atoms with van der Waals surface area (Å²) in [7, 11) is -4.00. The molecule has 1 amide bonds. The Kier molecular flexibility index (Phi) is 5.02. The van der Waals surface area contributed by atoms with Crippen molar-refractivity contribution in [3.63, 3.8) is 0 Å². The number of hydrogen-bond acceptors (Lipinski definition) is 6. The lowest BCUT2D eigenvalue weighted by Gasteiger charge is -2.11. The maximum Gasteiger partial charge on any atom is 0.376 e. The van der Waals surface area contributed by atoms with E-state index in [0.29, 0.717) is 21.1 Å². The average molecular weight is 409 g/mol. The number of hydrogen-bond donors (Lipinski definition) is 2. The van der Waals surface area contributed by atoms with Crippen molar-refractivity contribution < 1.29 is 22.4 Å². The number of benzene rings is 1. The number of oxazole rings is 1. The third kappa shape index (κ3) is 4.18. The Morgan fingerprint density at radius 1 is 1.26 bits per heavy atom. The molecule has 0 unspecified atom stereocenters. The summed E-state index contributed by atoms with van der Waals surface area (Å²) in [6, 6.07) is 8.19. The highest BCUT2D eigenvalue weighted by Gasteiger charge is 2.23. The Labute approximate surface area is 159 Å². The van der Waals surface area contributed by atoms with Gasteiger partial charge in [0, 0.05) is 16.8 Å². The fourth-order valence-corrected chi connectivity index (χ4v) is 3.35. The molecule has 0 radical (unpaired) electrons. The summed E-state index contributed by atoms with van der Waals surface area (Å²) in [4.78, 5) is 15.7. The van der Waals surface area contributed by atoms with Crippen LogP contribution in [-0.2, 0) is 10.0 Å². The molecule has 0 aliphatic carbocycles. The van der Waals surface area contributed by atoms with Gasteiger partial charge in [0.15, 0.2) is 6.39 Å². The molecule has 2 heterocycles. The van der Waals surface area contributed by atoms with Crippen molar-refractivity contribution in [1.29, 1.82) is 0 Å². The lowest BCUT2D eigenvalue weighted by atomic mass is 10.3. The lowest BCUT2D eigenvalue weighted by molar-refractivity contribution is -0.590. The van der Waals surface area contributed by atoms with Crippen LogP contribution in [0.15, 0.2) is 58.3 Å². The third-order valence-corrected chi connectivity index (χ3v) is 5.12. The summed E-state index contributed by atoms with van der Waals surface area (Å²) in [5, 5.41) is 14.7. The Hall–Kier alpha value is -3.11. The molecule has 0 saturated heterocycles. The maximum atomic E-state index is 12.5. The van der Waals surface area contributed by atoms with Gasteiger partial charge in [-0.1, -0.05) is 11.6 Å². The van der Waals surface area contributed by atoms with Gasteiger partial charge in [-0.3, -0.25) is 4.72 Å². The topological polar surface area (TPSA) is 128 Å². The molecule has 3 aromatic rings. The van der Waals surface area contributed by atoms with Crippen molar-refractivity contribution in [2.45, 2.75) is 11.8 Å². The van der Waals surface area contributed by atoms with Gasteiger partial charge in [0.25, 0.3) is 15.8 Å². The molecular weight excluding hydrogens is 396 g/mol. The van der Waals surface area contributed by atoms with Gasteiger partial charge >= 0.3 is 5.91 Å². The van der Waals surface area contributed by atoms with Crippen LogP contribution in [0.5, 0.6) is 0 Å². The molecule has 2 aromatic heterocycles. The number of carbonyl (C=O) groups excluding carboxylic acids is 1. The van der Waals surface area contributed by atoms with Gasteiger partial charge in [0.1, 0.15) is 0 Å². The smallest absolute Gasteiger partial charge is 0.376 e. The van der Waals surface area contributed by atoms with E-state index in [1.165, 1.54) is 24.3 Å². The highest BCUT2D eigenvalue weighted by Crippen LogP contribution is 2.19. The van der Waals surface area contributed by atoms with Crippen LogP contribution < -0.4 is 14.8 Å². The van der Waals surface area contributed by atoms with E-state index < -0.39 is 15.9 Å². The van der Waals surface area contributed by atoms with E-state index in [1.54, 1.807) is 6.92 Å². The van der Waals surface area contributed by atoms with E-state index in [0.717, 1.165) is 24.7 Å². The second-order valence-corrected chi connectivity index (χ2v) is 7.53. The molecule has 0 bridgehead atoms. The molecule has 27 heavy (non-hydrogen) atoms. The minimum absolute atomic E-state index is 0.0810. The van der Waals surface area contributed by atoms with Gasteiger partial charge in [-0.25, -0.2) is 28.2 Å². The first kappa shape index (κ1) is 18.7. The van der Waals surface area contributed by atoms with Gasteiger partial charge in [0.2, 0.25) is 5.76 Å². The SMILES string of the molecule is Cc1ncoc1C(=O)Nc1cc(S(=O)(=O)Nc2ccc(Cl)cc2)cc[n+]1[O-]. The molecule has 3 rings (SSSR count). The monoisotopic (exact) mass is 408 g/mol. The summed E-state index contributed by atoms with van der Waals surface area (Å²) in [5.41, 5.74) is 0.624. The van der Waals surface area contributed by atoms with E-state index in [-0.39, 0.29) is 16.5 Å². The number of amides is 1. The summed E-state index contributed by atoms with van der Waals surface area (Å²) in [6.45, 7) is 1.56. The fraction of sp³-hybridized carbons (Fsp3) is 0.0625. The number of sulfonamides is 1. The summed E-state index contributed by atoms with van der Waals surface area (Å²) >= 11 is 5.77. The summed E-state index contributed by atoms with van der Waals surface area (Å²) in [5.74, 6) is -1.09. The van der Waals surface area contributed by atoms with Crippen molar-refractivity contribution in [3.8, 4) is 0 Å². The predicted octanol–water partition coefficient (Wildman–Crippen LogP) is 2.32. The number of nitrogens with one attached hydrogen (secondary N) is 2. The van der Waals surface area contributed by atoms with E-state index in [1.807, 2.05) is 0 Å². The average Bonchev–Trinajstić information content (AvgIpc) is 3.04. The molecule has 0 fully saturated rings. The van der Waals surface area contributed by atoms with Crippen LogP contribution >= 0.6 is 11.6 Å². The first-order valence-corrected chi connectivity index (χ1v) is 9.35. The number of pyridine rings is 1. The predicted molar refractivity (Wildman–Crippen MR) is 96.9 cm³/mol. The Bertz CT molecular complexity index is 1100. The molecular formula is C16H13ClN4O5S. The molecule has 11 heteroatoms. The zero-order chi connectivity index (χ0) is 19.6. The second kappa shape index (κ2) is 7.25. The number of rotatable bonds is 5. The first-order chi connectivity index (χ1) is 12.8. The number of aryl methyl sites for hydroxylation is 1. The minimum atomic E-state index is -4.00. The Morgan fingerprint density at radius 2 is 1.96 bits per heavy atom. The molecule has 9 nitrogen and oxygen atoms in total. The zero-order valence-corrected chi connectivity index (χ0v) is 15.4. The Morgan fingerprint density at radius 3 is 2.59 bits per heavy atom. The van der Waals surface area contributed by atoms with E-state index in [2.05, 4.69) is 15.0 Å². The van der Waals surface area contributed by atoms with E-state index in [4.69, 9.17) is 16.0 Å². The molecule has 0 atom stereocenters. The number of carbonyl (C=O) groups is 1. The Balaban J connectivity index is 1.86. The lowest BCUT2D eigenvalue weighted by Crippen LogP contribution is -2.33. The van der Waals surface area contributed by atoms with E-state index >= 15 is 0 Å². The number of aromatic nitrogens is 2. The van der Waals surface area contributed by atoms with Crippen LogP contribution in [0.3, 0.4) is 0 Å². The van der Waals surface area contributed by atoms with Crippen LogP contribution in [0.2, 0.25) is 5.02 Å². The van der Waals surface area contributed by atoms with Crippen molar-refractivity contribution in [3.05, 3.63) is 70.7 Å². The quantitative estimate of drug-likeness (QED) is 0.492. The molecule has 0 spiro atoms. The van der Waals surface area contributed by atoms with Gasteiger partial charge < -0.3 is 9.62 Å². The fourth-order valence-electron chi connectivity index (χ4n) is 2.15. The highest BCUT2D eigenvalue weighted by molar-refractivity contribution is 7.92. The zero-order valence-electron chi connectivity index (χ0n) is 13.8. The van der Waals surface area contributed by atoms with Crippen LogP contribution in [0.1, 0.15) is 16.2 Å². The van der Waals surface area contributed by atoms with Gasteiger partial charge in [-0.05, 0) is 37.3 Å². The largest absolute Gasteiger partial charge is 0.711 e. The minimum Gasteiger partial charge on any atom is -0.711 e. The normalized spacial score (nSPS) is 11.2. The number of halogens is 1. The van der Waals surface area contributed by atoms with Crippen LogP contribution in [0, 0.1) is 12.1 Å². The van der Waals surface area contributed by atoms with Gasteiger partial charge in [0.05, 0.1) is 16.8 Å². The summed E-state index contributed by atoms with van der Waals surface area (Å²) < 4.78 is 32.7. The maximum absolute atomic E-state index is 12.5. The summed E-state index contributed by atoms with van der Waals surface area (Å²) in [6.07, 6.45) is 2.06. The molecule has 0 aliphatic heterocycles. The van der Waals surface area contributed by atoms with Crippen molar-refractivity contribution in [2.75, 3.05) is 10.0 Å². The van der Waals surface area contributed by atoms with Crippen LogP contribution in [0.4, 0.5) is 11.5 Å². The molecule has 1 aromatic carbocycles. The first-order valence-electron chi connectivity index (χ1n) is 7.49. The van der Waals surface area contributed by atoms with Crippen LogP contribution in [-0.4, -0.2) is 19.3 Å². The van der Waals surface area contributed by atoms with Crippen LogP contribution in [0.25, 0.3) is 0 Å². The van der Waals surface area contributed by atoms with E-state index in [9.17, 15) is 18.4 Å².